The van der Waals surface area contributed by atoms with Crippen LogP contribution in [-0.4, -0.2) is 71.6 Å². The van der Waals surface area contributed by atoms with Gasteiger partial charge in [0.2, 0.25) is 29.8 Å². The molecule has 8 rings (SSSR count). The van der Waals surface area contributed by atoms with E-state index in [0.717, 1.165) is 0 Å². The van der Waals surface area contributed by atoms with Gasteiger partial charge in [-0.3, -0.25) is 39.4 Å². The Kier molecular flexibility index (Phi) is 12.0. The van der Waals surface area contributed by atoms with Crippen molar-refractivity contribution < 1.29 is 42.9 Å². The molecule has 0 unspecified atom stereocenters. The zero-order chi connectivity index (χ0) is 43.3. The first-order valence-electron chi connectivity index (χ1n) is 18.1. The van der Waals surface area contributed by atoms with Crippen molar-refractivity contribution in [2.45, 2.75) is 23.6 Å². The fourth-order valence-electron chi connectivity index (χ4n) is 6.69. The van der Waals surface area contributed by atoms with Crippen molar-refractivity contribution >= 4 is 64.3 Å². The van der Waals surface area contributed by atoms with Gasteiger partial charge < -0.3 is 9.80 Å². The van der Waals surface area contributed by atoms with E-state index in [1.54, 1.807) is 122 Å². The normalized spacial score (nSPS) is 16.3. The molecule has 0 saturated carbocycles. The molecule has 2 aliphatic rings. The van der Waals surface area contributed by atoms with Crippen LogP contribution in [0, 0.1) is 13.8 Å². The topological polar surface area (TPSA) is 212 Å². The summed E-state index contributed by atoms with van der Waals surface area (Å²) in [5, 5.41) is 6.40. The molecule has 2 aliphatic heterocycles. The van der Waals surface area contributed by atoms with Crippen LogP contribution in [0.4, 0.5) is 22.7 Å². The summed E-state index contributed by atoms with van der Waals surface area (Å²) in [5.74, 6) is -1.56. The summed E-state index contributed by atoms with van der Waals surface area (Å²) in [4.78, 5) is 53.7. The van der Waals surface area contributed by atoms with Gasteiger partial charge in [0.25, 0.3) is 22.9 Å². The third-order valence-electron chi connectivity index (χ3n) is 10.2. The van der Waals surface area contributed by atoms with Crippen molar-refractivity contribution in [1.29, 1.82) is 0 Å². The number of anilines is 4. The van der Waals surface area contributed by atoms with Crippen molar-refractivity contribution in [1.82, 2.24) is 18.7 Å². The van der Waals surface area contributed by atoms with Gasteiger partial charge in [-0.25, -0.2) is 26.2 Å². The number of sulfone groups is 2. The number of carbonyl (C=O) groups is 2. The Morgan fingerprint density at radius 2 is 0.787 bits per heavy atom. The number of hydrogen-bond donors (Lipinski definition) is 2. The predicted molar refractivity (Wildman–Crippen MR) is 228 cm³/mol. The Morgan fingerprint density at radius 3 is 1.13 bits per heavy atom. The number of nitrogens with zero attached hydrogens (tertiary/aromatic N) is 8. The maximum atomic E-state index is 13.0. The number of amides is 2. The van der Waals surface area contributed by atoms with Gasteiger partial charge in [0.1, 0.15) is 11.4 Å². The average Bonchev–Trinajstić information content (AvgIpc) is 3.59. The number of fused-ring (bicyclic) bond motifs is 2. The Bertz CT molecular complexity index is 2930. The van der Waals surface area contributed by atoms with E-state index in [0.29, 0.717) is 22.8 Å². The van der Waals surface area contributed by atoms with Crippen LogP contribution in [0.1, 0.15) is 11.4 Å². The van der Waals surface area contributed by atoms with Gasteiger partial charge in [0.05, 0.1) is 43.9 Å². The molecule has 0 saturated heterocycles. The van der Waals surface area contributed by atoms with Crippen LogP contribution in [0.5, 0.6) is 0 Å². The summed E-state index contributed by atoms with van der Waals surface area (Å²) in [7, 11) is -1.92. The fraction of sp³-hybridized carbons (Fsp3) is 0.150. The third kappa shape index (κ3) is 7.40. The minimum atomic E-state index is -4.14. The van der Waals surface area contributed by atoms with Gasteiger partial charge in [-0.2, -0.15) is 10.2 Å². The first-order chi connectivity index (χ1) is 28.5. The standard InChI is InChI=1S/2C20H19N5O4S.Ni/c2*1-13-17(19(26)25(24(13)3)14-9-5-4-6-10-14)21-22-18-20(27)23(2)15-11-7-8-12-16(15)30(18,28)29;/h2*4-12,21H,1-3H3;. The van der Waals surface area contributed by atoms with Gasteiger partial charge >= 0.3 is 0 Å². The monoisotopic (exact) mass is 908 g/mol. The largest absolute Gasteiger partial charge is 0.308 e. The predicted octanol–water partition coefficient (Wildman–Crippen LogP) is 3.32. The van der Waals surface area contributed by atoms with E-state index in [-0.39, 0.29) is 49.0 Å². The number of rotatable bonds is 6. The first-order valence-corrected chi connectivity index (χ1v) is 21.1. The van der Waals surface area contributed by atoms with Crippen molar-refractivity contribution in [2.75, 3.05) is 34.7 Å². The van der Waals surface area contributed by atoms with E-state index >= 15 is 0 Å². The molecule has 4 aromatic carbocycles. The molecule has 2 aromatic heterocycles. The molecule has 0 atom stereocenters. The van der Waals surface area contributed by atoms with Gasteiger partial charge in [0, 0.05) is 44.7 Å². The van der Waals surface area contributed by atoms with E-state index < -0.39 is 52.7 Å². The Balaban J connectivity index is 0.000000201. The number of aromatic nitrogens is 4. The second-order valence-electron chi connectivity index (χ2n) is 13.6. The van der Waals surface area contributed by atoms with Crippen LogP contribution in [-0.2, 0) is 59.9 Å². The molecule has 18 nitrogen and oxygen atoms in total. The SMILES string of the molecule is Cc1c(NN=C2C(=O)N(C)c3ccccc3S2(=O)=O)c(=O)n(-c2ccccc2)n1C.Cc1c(NN=C2C(=O)N(C)c3ccccc3S2(=O)=O)c(=O)n(-c2ccccc2)n1C.[Ni]. The quantitative estimate of drug-likeness (QED) is 0.184. The summed E-state index contributed by atoms with van der Waals surface area (Å²) in [6.45, 7) is 3.39. The van der Waals surface area contributed by atoms with E-state index in [9.17, 15) is 36.0 Å². The van der Waals surface area contributed by atoms with Crippen LogP contribution >= 0.6 is 0 Å². The first kappa shape index (κ1) is 43.7. The maximum absolute atomic E-state index is 13.0. The van der Waals surface area contributed by atoms with Crippen LogP contribution in [0.15, 0.2) is 139 Å². The molecule has 4 heterocycles. The van der Waals surface area contributed by atoms with Gasteiger partial charge in [-0.1, -0.05) is 60.7 Å². The van der Waals surface area contributed by atoms with E-state index in [1.807, 2.05) is 12.1 Å². The Morgan fingerprint density at radius 1 is 0.475 bits per heavy atom. The number of carbonyl (C=O) groups excluding carboxylic acids is 2. The van der Waals surface area contributed by atoms with Gasteiger partial charge in [-0.05, 0) is 62.4 Å². The van der Waals surface area contributed by atoms with Crippen molar-refractivity contribution in [2.24, 2.45) is 24.3 Å². The summed E-state index contributed by atoms with van der Waals surface area (Å²) in [6.07, 6.45) is 0. The molecular formula is C40H38N10NiO8S2. The van der Waals surface area contributed by atoms with Crippen molar-refractivity contribution in [3.05, 3.63) is 141 Å². The molecule has 318 valence electrons. The van der Waals surface area contributed by atoms with E-state index in [4.69, 9.17) is 0 Å². The third-order valence-corrected chi connectivity index (χ3v) is 13.6. The molecule has 21 heteroatoms. The molecular weight excluding hydrogens is 871 g/mol. The zero-order valence-corrected chi connectivity index (χ0v) is 36.0. The second kappa shape index (κ2) is 16.7. The molecule has 0 bridgehead atoms. The molecule has 0 radical (unpaired) electrons. The Labute approximate surface area is 359 Å². The summed E-state index contributed by atoms with van der Waals surface area (Å²) < 4.78 is 57.9. The van der Waals surface area contributed by atoms with Crippen molar-refractivity contribution in [3.8, 4) is 11.4 Å². The van der Waals surface area contributed by atoms with Crippen LogP contribution < -0.4 is 31.8 Å². The number of benzene rings is 4. The molecule has 2 amide bonds. The molecule has 0 fully saturated rings. The summed E-state index contributed by atoms with van der Waals surface area (Å²) >= 11 is 0. The number of hydrogen-bond acceptors (Lipinski definition) is 12. The summed E-state index contributed by atoms with van der Waals surface area (Å²) in [6, 6.07) is 30.4. The number of nitrogens with one attached hydrogen (secondary N) is 2. The summed E-state index contributed by atoms with van der Waals surface area (Å²) in [5.41, 5.74) is 7.29. The minimum Gasteiger partial charge on any atom is -0.308 e. The van der Waals surface area contributed by atoms with Crippen LogP contribution in [0.25, 0.3) is 11.4 Å². The zero-order valence-electron chi connectivity index (χ0n) is 33.4. The average molecular weight is 910 g/mol. The maximum Gasteiger partial charge on any atom is 0.296 e. The number of para-hydroxylation sites is 4. The van der Waals surface area contributed by atoms with Crippen LogP contribution in [0.3, 0.4) is 0 Å². The minimum absolute atomic E-state index is 0. The molecule has 61 heavy (non-hydrogen) atoms. The Hall–Kier alpha value is -6.83. The molecule has 0 aliphatic carbocycles. The fourth-order valence-corrected chi connectivity index (χ4v) is 9.65. The van der Waals surface area contributed by atoms with Gasteiger partial charge in [0.15, 0.2) is 0 Å². The molecule has 0 spiro atoms. The van der Waals surface area contributed by atoms with E-state index in [1.165, 1.54) is 45.4 Å². The second-order valence-corrected chi connectivity index (χ2v) is 17.3. The van der Waals surface area contributed by atoms with Gasteiger partial charge in [-0.15, -0.1) is 0 Å². The molecule has 6 aromatic rings. The molecule has 2 N–H and O–H groups in total. The van der Waals surface area contributed by atoms with Crippen LogP contribution in [0.2, 0.25) is 0 Å². The smallest absolute Gasteiger partial charge is 0.296 e. The number of hydrazone groups is 2. The van der Waals surface area contributed by atoms with Crippen molar-refractivity contribution in [3.63, 3.8) is 0 Å². The van der Waals surface area contributed by atoms with E-state index in [2.05, 4.69) is 21.1 Å².